The molecule has 1 aromatic carbocycles. The lowest BCUT2D eigenvalue weighted by Crippen LogP contribution is -2.52. The van der Waals surface area contributed by atoms with Gasteiger partial charge in [-0.3, -0.25) is 14.5 Å². The monoisotopic (exact) mass is 387 g/mol. The zero-order valence-electron chi connectivity index (χ0n) is 15.5. The first-order chi connectivity index (χ1) is 13.1. The maximum atomic E-state index is 12.6. The van der Waals surface area contributed by atoms with E-state index < -0.39 is 6.10 Å². The van der Waals surface area contributed by atoms with Crippen LogP contribution in [0, 0.1) is 0 Å². The molecule has 2 heterocycles. The van der Waals surface area contributed by atoms with Crippen LogP contribution in [0.25, 0.3) is 0 Å². The summed E-state index contributed by atoms with van der Waals surface area (Å²) in [5, 5.41) is 6.68. The summed E-state index contributed by atoms with van der Waals surface area (Å²) < 4.78 is 5.73. The van der Waals surface area contributed by atoms with Crippen LogP contribution >= 0.6 is 11.3 Å². The van der Waals surface area contributed by atoms with Gasteiger partial charge in [-0.1, -0.05) is 18.2 Å². The smallest absolute Gasteiger partial charge is 0.263 e. The highest BCUT2D eigenvalue weighted by atomic mass is 32.1. The highest BCUT2D eigenvalue weighted by molar-refractivity contribution is 7.08. The Morgan fingerprint density at radius 1 is 1.15 bits per heavy atom. The lowest BCUT2D eigenvalue weighted by Gasteiger charge is -2.35. The second kappa shape index (κ2) is 9.53. The Labute approximate surface area is 163 Å². The van der Waals surface area contributed by atoms with Gasteiger partial charge < -0.3 is 15.0 Å². The van der Waals surface area contributed by atoms with Crippen molar-refractivity contribution in [2.24, 2.45) is 0 Å². The zero-order valence-corrected chi connectivity index (χ0v) is 16.3. The Morgan fingerprint density at radius 2 is 1.89 bits per heavy atom. The number of para-hydroxylation sites is 1. The number of ether oxygens (including phenoxy) is 1. The quantitative estimate of drug-likeness (QED) is 0.790. The van der Waals surface area contributed by atoms with Crippen molar-refractivity contribution in [2.75, 3.05) is 39.3 Å². The second-order valence-electron chi connectivity index (χ2n) is 6.51. The molecule has 27 heavy (non-hydrogen) atoms. The lowest BCUT2D eigenvalue weighted by atomic mass is 10.2. The van der Waals surface area contributed by atoms with Gasteiger partial charge in [0.1, 0.15) is 5.75 Å². The third-order valence-corrected chi connectivity index (χ3v) is 5.27. The van der Waals surface area contributed by atoms with Gasteiger partial charge in [0.15, 0.2) is 6.10 Å². The molecule has 0 aliphatic carbocycles. The molecule has 6 nitrogen and oxygen atoms in total. The number of rotatable bonds is 7. The molecule has 1 fully saturated rings. The van der Waals surface area contributed by atoms with E-state index >= 15 is 0 Å². The summed E-state index contributed by atoms with van der Waals surface area (Å²) in [6.45, 7) is 6.15. The van der Waals surface area contributed by atoms with E-state index in [9.17, 15) is 9.59 Å². The van der Waals surface area contributed by atoms with Gasteiger partial charge in [-0.15, -0.1) is 0 Å². The zero-order chi connectivity index (χ0) is 19.1. The summed E-state index contributed by atoms with van der Waals surface area (Å²) in [4.78, 5) is 28.6. The van der Waals surface area contributed by atoms with Crippen molar-refractivity contribution in [3.63, 3.8) is 0 Å². The van der Waals surface area contributed by atoms with Gasteiger partial charge in [0.2, 0.25) is 0 Å². The molecule has 0 saturated carbocycles. The molecule has 3 rings (SSSR count). The third-order valence-electron chi connectivity index (χ3n) is 4.58. The van der Waals surface area contributed by atoms with Crippen LogP contribution in [-0.4, -0.2) is 67.0 Å². The average Bonchev–Trinajstić information content (AvgIpc) is 3.23. The van der Waals surface area contributed by atoms with Crippen LogP contribution in [0.15, 0.2) is 47.2 Å². The number of nitrogens with zero attached hydrogens (tertiary/aromatic N) is 2. The Hall–Kier alpha value is -2.38. The lowest BCUT2D eigenvalue weighted by molar-refractivity contribution is -0.139. The van der Waals surface area contributed by atoms with Crippen LogP contribution in [0.4, 0.5) is 0 Å². The molecule has 7 heteroatoms. The first-order valence-corrected chi connectivity index (χ1v) is 10.1. The predicted molar refractivity (Wildman–Crippen MR) is 106 cm³/mol. The molecule has 1 aliphatic rings. The molecule has 144 valence electrons. The first kappa shape index (κ1) is 19.4. The molecule has 0 bridgehead atoms. The van der Waals surface area contributed by atoms with Crippen LogP contribution in [0.3, 0.4) is 0 Å². The summed E-state index contributed by atoms with van der Waals surface area (Å²) >= 11 is 1.52. The van der Waals surface area contributed by atoms with Crippen LogP contribution in [0.5, 0.6) is 5.75 Å². The summed E-state index contributed by atoms with van der Waals surface area (Å²) in [5.41, 5.74) is 0.711. The van der Waals surface area contributed by atoms with Crippen LogP contribution < -0.4 is 10.1 Å². The molecule has 2 aromatic rings. The minimum atomic E-state index is -0.496. The molecule has 2 amide bonds. The van der Waals surface area contributed by atoms with Crippen molar-refractivity contribution in [2.45, 2.75) is 13.0 Å². The third kappa shape index (κ3) is 5.55. The van der Waals surface area contributed by atoms with Gasteiger partial charge in [-0.05, 0) is 30.5 Å². The van der Waals surface area contributed by atoms with E-state index in [-0.39, 0.29) is 11.8 Å². The number of piperazine rings is 1. The van der Waals surface area contributed by atoms with Crippen molar-refractivity contribution >= 4 is 23.2 Å². The number of hydrogen-bond donors (Lipinski definition) is 1. The van der Waals surface area contributed by atoms with E-state index in [4.69, 9.17) is 4.74 Å². The van der Waals surface area contributed by atoms with E-state index in [1.165, 1.54) is 11.3 Å². The molecular weight excluding hydrogens is 362 g/mol. The molecular formula is C20H25N3O3S. The second-order valence-corrected chi connectivity index (χ2v) is 7.29. The Bertz CT molecular complexity index is 728. The van der Waals surface area contributed by atoms with E-state index in [2.05, 4.69) is 10.2 Å². The molecule has 0 radical (unpaired) electrons. The van der Waals surface area contributed by atoms with Gasteiger partial charge in [-0.25, -0.2) is 0 Å². The minimum Gasteiger partial charge on any atom is -0.481 e. The molecule has 1 atom stereocenters. The summed E-state index contributed by atoms with van der Waals surface area (Å²) in [7, 11) is 0. The standard InChI is InChI=1S/C20H25N3O3S/c1-16(26-18-5-3-2-4-6-18)20(25)23-12-10-22(11-13-23)9-8-21-19(24)17-7-14-27-15-17/h2-7,14-16H,8-13H2,1H3,(H,21,24)/t16-/m0/s1. The highest BCUT2D eigenvalue weighted by Crippen LogP contribution is 2.13. The highest BCUT2D eigenvalue weighted by Gasteiger charge is 2.25. The molecule has 0 unspecified atom stereocenters. The number of benzene rings is 1. The number of carbonyl (C=O) groups excluding carboxylic acids is 2. The van der Waals surface area contributed by atoms with Crippen molar-refractivity contribution in [3.8, 4) is 5.75 Å². The van der Waals surface area contributed by atoms with E-state index in [0.717, 1.165) is 19.6 Å². The molecule has 1 aromatic heterocycles. The number of nitrogens with one attached hydrogen (secondary N) is 1. The topological polar surface area (TPSA) is 61.9 Å². The fraction of sp³-hybridized carbons (Fsp3) is 0.400. The van der Waals surface area contributed by atoms with E-state index in [1.807, 2.05) is 52.1 Å². The van der Waals surface area contributed by atoms with Crippen LogP contribution in [0.2, 0.25) is 0 Å². The molecule has 0 spiro atoms. The first-order valence-electron chi connectivity index (χ1n) is 9.17. The van der Waals surface area contributed by atoms with Gasteiger partial charge in [0.05, 0.1) is 0 Å². The number of hydrogen-bond acceptors (Lipinski definition) is 5. The molecule has 1 N–H and O–H groups in total. The van der Waals surface area contributed by atoms with Gasteiger partial charge in [0, 0.05) is 50.2 Å². The van der Waals surface area contributed by atoms with Crippen LogP contribution in [-0.2, 0) is 4.79 Å². The number of thiophene rings is 1. The normalized spacial score (nSPS) is 16.0. The van der Waals surface area contributed by atoms with Gasteiger partial charge in [-0.2, -0.15) is 11.3 Å². The SMILES string of the molecule is C[C@H](Oc1ccccc1)C(=O)N1CCN(CCNC(=O)c2ccsc2)CC1. The summed E-state index contributed by atoms with van der Waals surface area (Å²) in [6, 6.07) is 11.2. The number of amides is 2. The van der Waals surface area contributed by atoms with Crippen molar-refractivity contribution in [1.29, 1.82) is 0 Å². The Balaban J connectivity index is 1.36. The average molecular weight is 388 g/mol. The van der Waals surface area contributed by atoms with Crippen LogP contribution in [0.1, 0.15) is 17.3 Å². The Morgan fingerprint density at radius 3 is 2.56 bits per heavy atom. The maximum absolute atomic E-state index is 12.6. The molecule has 1 saturated heterocycles. The van der Waals surface area contributed by atoms with Gasteiger partial charge in [0.25, 0.3) is 11.8 Å². The van der Waals surface area contributed by atoms with Crippen molar-refractivity contribution in [3.05, 3.63) is 52.7 Å². The van der Waals surface area contributed by atoms with Crippen molar-refractivity contribution in [1.82, 2.24) is 15.1 Å². The number of carbonyl (C=O) groups is 2. The maximum Gasteiger partial charge on any atom is 0.263 e. The van der Waals surface area contributed by atoms with Gasteiger partial charge >= 0.3 is 0 Å². The van der Waals surface area contributed by atoms with E-state index in [0.29, 0.717) is 30.9 Å². The predicted octanol–water partition coefficient (Wildman–Crippen LogP) is 2.09. The summed E-state index contributed by atoms with van der Waals surface area (Å²) in [5.74, 6) is 0.694. The largest absolute Gasteiger partial charge is 0.481 e. The summed E-state index contributed by atoms with van der Waals surface area (Å²) in [6.07, 6.45) is -0.496. The fourth-order valence-corrected chi connectivity index (χ4v) is 3.66. The molecule has 1 aliphatic heterocycles. The Kier molecular flexibility index (Phi) is 6.84. The fourth-order valence-electron chi connectivity index (χ4n) is 3.03. The minimum absolute atomic E-state index is 0.0178. The van der Waals surface area contributed by atoms with E-state index in [1.54, 1.807) is 6.92 Å². The van der Waals surface area contributed by atoms with Crippen molar-refractivity contribution < 1.29 is 14.3 Å².